The molecule has 2 rings (SSSR count). The maximum atomic E-state index is 11.7. The normalized spacial score (nSPS) is 23.6. The molecule has 1 aliphatic heterocycles. The van der Waals surface area contributed by atoms with Gasteiger partial charge in [0.05, 0.1) is 0 Å². The molecule has 1 aliphatic rings. The van der Waals surface area contributed by atoms with Crippen LogP contribution in [0, 0.1) is 5.92 Å². The zero-order valence-corrected chi connectivity index (χ0v) is 9.87. The maximum Gasteiger partial charge on any atom is 0.252 e. The van der Waals surface area contributed by atoms with E-state index in [0.29, 0.717) is 24.2 Å². The second-order valence-corrected chi connectivity index (χ2v) is 4.56. The second-order valence-electron chi connectivity index (χ2n) is 4.19. The molecule has 0 amide bonds. The SMILES string of the molecule is CC1Nc2c(O)ccc(=O)n2CC1CCCl. The van der Waals surface area contributed by atoms with Crippen molar-refractivity contribution in [3.8, 4) is 5.75 Å². The summed E-state index contributed by atoms with van der Waals surface area (Å²) in [4.78, 5) is 11.7. The summed E-state index contributed by atoms with van der Waals surface area (Å²) >= 11 is 5.73. The second kappa shape index (κ2) is 4.37. The van der Waals surface area contributed by atoms with Crippen molar-refractivity contribution in [3.63, 3.8) is 0 Å². The van der Waals surface area contributed by atoms with Crippen LogP contribution in [0.15, 0.2) is 16.9 Å². The summed E-state index contributed by atoms with van der Waals surface area (Å²) in [6.45, 7) is 2.65. The van der Waals surface area contributed by atoms with Crippen molar-refractivity contribution in [2.75, 3.05) is 11.2 Å². The van der Waals surface area contributed by atoms with Gasteiger partial charge in [-0.2, -0.15) is 0 Å². The van der Waals surface area contributed by atoms with Crippen molar-refractivity contribution in [1.29, 1.82) is 0 Å². The van der Waals surface area contributed by atoms with Crippen molar-refractivity contribution in [2.45, 2.75) is 25.9 Å². The number of aromatic nitrogens is 1. The summed E-state index contributed by atoms with van der Waals surface area (Å²) in [5.74, 6) is 1.55. The number of anilines is 1. The molecular formula is C11H15ClN2O2. The molecule has 0 spiro atoms. The molecule has 5 heteroatoms. The van der Waals surface area contributed by atoms with E-state index in [-0.39, 0.29) is 17.4 Å². The highest BCUT2D eigenvalue weighted by atomic mass is 35.5. The van der Waals surface area contributed by atoms with Crippen LogP contribution in [0.5, 0.6) is 5.75 Å². The number of aromatic hydroxyl groups is 1. The summed E-state index contributed by atoms with van der Waals surface area (Å²) in [5.41, 5.74) is -0.0910. The number of fused-ring (bicyclic) bond motifs is 1. The minimum atomic E-state index is -0.0910. The molecule has 0 saturated carbocycles. The van der Waals surface area contributed by atoms with Gasteiger partial charge in [0.15, 0.2) is 11.6 Å². The van der Waals surface area contributed by atoms with Crippen molar-refractivity contribution in [3.05, 3.63) is 22.5 Å². The number of nitrogens with zero attached hydrogens (tertiary/aromatic N) is 1. The lowest BCUT2D eigenvalue weighted by Gasteiger charge is -2.33. The van der Waals surface area contributed by atoms with E-state index in [9.17, 15) is 9.90 Å². The number of hydrogen-bond acceptors (Lipinski definition) is 3. The molecule has 0 bridgehead atoms. The number of hydrogen-bond donors (Lipinski definition) is 2. The molecule has 1 aromatic rings. The van der Waals surface area contributed by atoms with Crippen LogP contribution in [0.25, 0.3) is 0 Å². The molecule has 88 valence electrons. The Labute approximate surface area is 98.9 Å². The van der Waals surface area contributed by atoms with Gasteiger partial charge in [-0.25, -0.2) is 0 Å². The zero-order valence-electron chi connectivity index (χ0n) is 9.11. The average molecular weight is 243 g/mol. The highest BCUT2D eigenvalue weighted by molar-refractivity contribution is 6.17. The quantitative estimate of drug-likeness (QED) is 0.775. The highest BCUT2D eigenvalue weighted by Gasteiger charge is 2.26. The first-order chi connectivity index (χ1) is 7.63. The molecular weight excluding hydrogens is 228 g/mol. The molecule has 2 heterocycles. The van der Waals surface area contributed by atoms with E-state index in [1.54, 1.807) is 4.57 Å². The third kappa shape index (κ3) is 1.89. The monoisotopic (exact) mass is 242 g/mol. The molecule has 0 radical (unpaired) electrons. The van der Waals surface area contributed by atoms with E-state index in [1.165, 1.54) is 12.1 Å². The fourth-order valence-electron chi connectivity index (χ4n) is 2.11. The average Bonchev–Trinajstić information content (AvgIpc) is 2.26. The molecule has 1 aromatic heterocycles. The van der Waals surface area contributed by atoms with Crippen molar-refractivity contribution in [1.82, 2.24) is 4.57 Å². The Bertz CT molecular complexity index is 444. The van der Waals surface area contributed by atoms with Gasteiger partial charge in [-0.15, -0.1) is 11.6 Å². The topological polar surface area (TPSA) is 54.3 Å². The standard InChI is InChI=1S/C11H15ClN2O2/c1-7-8(4-5-12)6-14-10(16)3-2-9(15)11(14)13-7/h2-3,7-8,13,15H,4-6H2,1H3. The van der Waals surface area contributed by atoms with Crippen LogP contribution in [0.2, 0.25) is 0 Å². The largest absolute Gasteiger partial charge is 0.504 e. The first-order valence-electron chi connectivity index (χ1n) is 5.38. The van der Waals surface area contributed by atoms with Gasteiger partial charge in [-0.1, -0.05) is 0 Å². The van der Waals surface area contributed by atoms with Crippen LogP contribution in [0.4, 0.5) is 5.82 Å². The van der Waals surface area contributed by atoms with Crippen LogP contribution in [-0.2, 0) is 6.54 Å². The van der Waals surface area contributed by atoms with Crippen molar-refractivity contribution >= 4 is 17.4 Å². The number of alkyl halides is 1. The predicted octanol–water partition coefficient (Wildman–Crippen LogP) is 1.61. The van der Waals surface area contributed by atoms with Gasteiger partial charge in [0.2, 0.25) is 0 Å². The van der Waals surface area contributed by atoms with E-state index < -0.39 is 0 Å². The van der Waals surface area contributed by atoms with E-state index in [1.807, 2.05) is 6.92 Å². The smallest absolute Gasteiger partial charge is 0.252 e. The van der Waals surface area contributed by atoms with E-state index in [0.717, 1.165) is 6.42 Å². The minimum Gasteiger partial charge on any atom is -0.504 e. The summed E-state index contributed by atoms with van der Waals surface area (Å²) in [7, 11) is 0. The summed E-state index contributed by atoms with van der Waals surface area (Å²) in [6.07, 6.45) is 0.858. The van der Waals surface area contributed by atoms with E-state index in [4.69, 9.17) is 11.6 Å². The lowest BCUT2D eigenvalue weighted by Crippen LogP contribution is -2.40. The third-order valence-corrected chi connectivity index (χ3v) is 3.35. The van der Waals surface area contributed by atoms with Crippen LogP contribution in [0.3, 0.4) is 0 Å². The molecule has 2 unspecified atom stereocenters. The first-order valence-corrected chi connectivity index (χ1v) is 5.92. The van der Waals surface area contributed by atoms with Crippen LogP contribution >= 0.6 is 11.6 Å². The Balaban J connectivity index is 2.38. The van der Waals surface area contributed by atoms with Crippen molar-refractivity contribution < 1.29 is 5.11 Å². The van der Waals surface area contributed by atoms with Gasteiger partial charge >= 0.3 is 0 Å². The molecule has 4 nitrogen and oxygen atoms in total. The number of halogens is 1. The van der Waals surface area contributed by atoms with Gasteiger partial charge in [0.25, 0.3) is 5.56 Å². The minimum absolute atomic E-state index is 0.0910. The number of rotatable bonds is 2. The van der Waals surface area contributed by atoms with E-state index in [2.05, 4.69) is 5.32 Å². The molecule has 0 saturated heterocycles. The summed E-state index contributed by atoms with van der Waals surface area (Å²) in [6, 6.07) is 3.02. The van der Waals surface area contributed by atoms with Crippen LogP contribution in [-0.4, -0.2) is 21.6 Å². The lowest BCUT2D eigenvalue weighted by atomic mass is 9.96. The fraction of sp³-hybridized carbons (Fsp3) is 0.545. The summed E-state index contributed by atoms with van der Waals surface area (Å²) < 4.78 is 1.58. The van der Waals surface area contributed by atoms with Gasteiger partial charge in [0, 0.05) is 24.5 Å². The fourth-order valence-corrected chi connectivity index (χ4v) is 2.39. The van der Waals surface area contributed by atoms with Gasteiger partial charge < -0.3 is 10.4 Å². The predicted molar refractivity (Wildman–Crippen MR) is 64.3 cm³/mol. The Morgan fingerprint density at radius 3 is 3.06 bits per heavy atom. The van der Waals surface area contributed by atoms with Crippen LogP contribution in [0.1, 0.15) is 13.3 Å². The maximum absolute atomic E-state index is 11.7. The van der Waals surface area contributed by atoms with Gasteiger partial charge in [-0.3, -0.25) is 9.36 Å². The third-order valence-electron chi connectivity index (χ3n) is 3.13. The number of pyridine rings is 1. The Hall–Kier alpha value is -1.16. The molecule has 0 fully saturated rings. The van der Waals surface area contributed by atoms with E-state index >= 15 is 0 Å². The Kier molecular flexibility index (Phi) is 3.10. The molecule has 2 atom stereocenters. The molecule has 0 aliphatic carbocycles. The summed E-state index contributed by atoms with van der Waals surface area (Å²) in [5, 5.41) is 12.8. The Morgan fingerprint density at radius 2 is 2.38 bits per heavy atom. The molecule has 0 aromatic carbocycles. The first kappa shape index (κ1) is 11.3. The van der Waals surface area contributed by atoms with Crippen LogP contribution < -0.4 is 10.9 Å². The molecule has 2 N–H and O–H groups in total. The molecule has 16 heavy (non-hydrogen) atoms. The van der Waals surface area contributed by atoms with Gasteiger partial charge in [-0.05, 0) is 25.3 Å². The number of nitrogens with one attached hydrogen (secondary N) is 1. The lowest BCUT2D eigenvalue weighted by molar-refractivity contribution is 0.352. The Morgan fingerprint density at radius 1 is 1.62 bits per heavy atom. The highest BCUT2D eigenvalue weighted by Crippen LogP contribution is 2.29. The zero-order chi connectivity index (χ0) is 11.7. The van der Waals surface area contributed by atoms with Gasteiger partial charge in [0.1, 0.15) is 0 Å². The van der Waals surface area contributed by atoms with Crippen molar-refractivity contribution in [2.24, 2.45) is 5.92 Å².